The van der Waals surface area contributed by atoms with Crippen LogP contribution in [0.4, 0.5) is 0 Å². The molecule has 0 saturated heterocycles. The Hall–Kier alpha value is -1.90. The van der Waals surface area contributed by atoms with E-state index in [2.05, 4.69) is 16.8 Å². The van der Waals surface area contributed by atoms with Crippen LogP contribution in [-0.2, 0) is 0 Å². The van der Waals surface area contributed by atoms with Gasteiger partial charge in [-0.3, -0.25) is 0 Å². The molecule has 1 aliphatic rings. The largest absolute Gasteiger partial charge is 0.507 e. The lowest BCUT2D eigenvalue weighted by Gasteiger charge is -1.92. The second-order valence-electron chi connectivity index (χ2n) is 2.79. The summed E-state index contributed by atoms with van der Waals surface area (Å²) in [6, 6.07) is 5.29. The fraction of sp³-hybridized carbons (Fsp3) is 0. The highest BCUT2D eigenvalue weighted by Gasteiger charge is 1.97. The Balaban J connectivity index is 2.73. The minimum atomic E-state index is 0.193. The molecule has 0 bridgehead atoms. The number of aromatic hydroxyl groups is 1. The summed E-state index contributed by atoms with van der Waals surface area (Å²) in [4.78, 5) is 0. The van der Waals surface area contributed by atoms with E-state index in [4.69, 9.17) is 0 Å². The Morgan fingerprint density at radius 2 is 1.85 bits per heavy atom. The second kappa shape index (κ2) is 2.86. The molecule has 1 aliphatic heterocycles. The van der Waals surface area contributed by atoms with Crippen LogP contribution in [0.25, 0.3) is 12.2 Å². The van der Waals surface area contributed by atoms with E-state index >= 15 is 0 Å². The summed E-state index contributed by atoms with van der Waals surface area (Å²) in [5.41, 5.74) is 0.898. The van der Waals surface area contributed by atoms with Crippen molar-refractivity contribution in [3.63, 3.8) is 0 Å². The van der Waals surface area contributed by atoms with E-state index in [1.54, 1.807) is 24.6 Å². The van der Waals surface area contributed by atoms with Crippen LogP contribution in [0.1, 0.15) is 0 Å². The Labute approximate surface area is 75.1 Å². The molecule has 1 aromatic rings. The lowest BCUT2D eigenvalue weighted by Crippen LogP contribution is -2.10. The number of phenolic OH excluding ortho intramolecular Hbond substituents is 1. The van der Waals surface area contributed by atoms with Crippen LogP contribution in [0, 0.1) is 0 Å². The van der Waals surface area contributed by atoms with E-state index < -0.39 is 0 Å². The van der Waals surface area contributed by atoms with Gasteiger partial charge in [-0.15, -0.1) is 0 Å². The molecular formula is C10H8N2O. The minimum Gasteiger partial charge on any atom is -0.507 e. The van der Waals surface area contributed by atoms with Crippen LogP contribution in [0.2, 0.25) is 0 Å². The molecule has 0 amide bonds. The zero-order valence-electron chi connectivity index (χ0n) is 6.94. The molecule has 0 fully saturated rings. The van der Waals surface area contributed by atoms with Crippen molar-refractivity contribution in [1.29, 1.82) is 0 Å². The van der Waals surface area contributed by atoms with Gasteiger partial charge < -0.3 is 5.11 Å². The molecule has 0 unspecified atom stereocenters. The molecule has 3 heteroatoms. The maximum absolute atomic E-state index is 9.40. The molecular weight excluding hydrogens is 164 g/mol. The molecule has 1 aromatic carbocycles. The summed E-state index contributed by atoms with van der Waals surface area (Å²) in [5.74, 6) is 0.193. The zero-order chi connectivity index (χ0) is 9.26. The van der Waals surface area contributed by atoms with Crippen molar-refractivity contribution in [3.8, 4) is 5.75 Å². The third kappa shape index (κ3) is 1.36. The van der Waals surface area contributed by atoms with Gasteiger partial charge in [0.1, 0.15) is 5.75 Å². The van der Waals surface area contributed by atoms with Crippen LogP contribution in [0.5, 0.6) is 5.75 Å². The monoisotopic (exact) mass is 172 g/mol. The Morgan fingerprint density at radius 1 is 1.15 bits per heavy atom. The highest BCUT2D eigenvalue weighted by Crippen LogP contribution is 1.97. The smallest absolute Gasteiger partial charge is 0.122 e. The summed E-state index contributed by atoms with van der Waals surface area (Å²) >= 11 is 0. The molecule has 1 heterocycles. The molecule has 64 valence electrons. The summed E-state index contributed by atoms with van der Waals surface area (Å²) in [7, 11) is 0. The number of hydrogen-bond acceptors (Lipinski definition) is 3. The normalized spacial score (nSPS) is 14.0. The summed E-state index contributed by atoms with van der Waals surface area (Å²) in [6.07, 6.45) is 3.30. The van der Waals surface area contributed by atoms with Crippen molar-refractivity contribution in [2.24, 2.45) is 10.2 Å². The van der Waals surface area contributed by atoms with Crippen LogP contribution >= 0.6 is 0 Å². The van der Waals surface area contributed by atoms with Crippen molar-refractivity contribution < 1.29 is 5.11 Å². The predicted octanol–water partition coefficient (Wildman–Crippen LogP) is 0.0234. The van der Waals surface area contributed by atoms with Crippen molar-refractivity contribution in [1.82, 2.24) is 0 Å². The first-order chi connectivity index (χ1) is 6.27. The molecule has 0 aliphatic carbocycles. The van der Waals surface area contributed by atoms with Crippen molar-refractivity contribution in [3.05, 3.63) is 28.6 Å². The Bertz CT molecular complexity index is 486. The topological polar surface area (TPSA) is 45.0 Å². The first kappa shape index (κ1) is 7.73. The van der Waals surface area contributed by atoms with Gasteiger partial charge >= 0.3 is 0 Å². The van der Waals surface area contributed by atoms with Crippen LogP contribution in [-0.4, -0.2) is 17.5 Å². The number of rotatable bonds is 0. The van der Waals surface area contributed by atoms with E-state index in [0.717, 1.165) is 10.8 Å². The molecule has 0 saturated carbocycles. The molecule has 3 nitrogen and oxygen atoms in total. The lowest BCUT2D eigenvalue weighted by molar-refractivity contribution is 0.470. The van der Waals surface area contributed by atoms with Gasteiger partial charge in [0, 0.05) is 10.8 Å². The average molecular weight is 172 g/mol. The van der Waals surface area contributed by atoms with Gasteiger partial charge in [-0.05, 0) is 11.3 Å². The molecule has 1 N–H and O–H groups in total. The van der Waals surface area contributed by atoms with E-state index in [0.29, 0.717) is 5.22 Å². The fourth-order valence-corrected chi connectivity index (χ4v) is 1.12. The van der Waals surface area contributed by atoms with Crippen LogP contribution < -0.4 is 10.4 Å². The highest BCUT2D eigenvalue weighted by molar-refractivity contribution is 6.30. The number of hydrogen-bond donors (Lipinski definition) is 1. The van der Waals surface area contributed by atoms with Gasteiger partial charge in [-0.25, -0.2) is 0 Å². The summed E-state index contributed by atoms with van der Waals surface area (Å²) < 4.78 is 0. The third-order valence-electron chi connectivity index (χ3n) is 1.88. The van der Waals surface area contributed by atoms with Gasteiger partial charge in [-0.2, -0.15) is 10.2 Å². The van der Waals surface area contributed by atoms with Crippen molar-refractivity contribution in [2.45, 2.75) is 0 Å². The van der Waals surface area contributed by atoms with Gasteiger partial charge in [-0.1, -0.05) is 18.7 Å². The summed E-state index contributed by atoms with van der Waals surface area (Å²) in [5, 5.41) is 18.3. The Kier molecular flexibility index (Phi) is 1.70. The molecule has 0 atom stereocenters. The van der Waals surface area contributed by atoms with Gasteiger partial charge in [0.25, 0.3) is 0 Å². The van der Waals surface area contributed by atoms with E-state index in [9.17, 15) is 5.11 Å². The highest BCUT2D eigenvalue weighted by atomic mass is 16.3. The SMILES string of the molecule is C=c1ccc(=C2C=NN=C2)cc1O. The first-order valence-corrected chi connectivity index (χ1v) is 3.86. The maximum atomic E-state index is 9.40. The van der Waals surface area contributed by atoms with E-state index in [-0.39, 0.29) is 5.75 Å². The van der Waals surface area contributed by atoms with Gasteiger partial charge in [0.05, 0.1) is 12.4 Å². The van der Waals surface area contributed by atoms with Crippen molar-refractivity contribution in [2.75, 3.05) is 0 Å². The maximum Gasteiger partial charge on any atom is 0.122 e. The molecule has 2 rings (SSSR count). The zero-order valence-corrected chi connectivity index (χ0v) is 6.94. The molecule has 0 aromatic heterocycles. The number of benzene rings is 1. The molecule has 13 heavy (non-hydrogen) atoms. The third-order valence-corrected chi connectivity index (χ3v) is 1.88. The fourth-order valence-electron chi connectivity index (χ4n) is 1.12. The van der Waals surface area contributed by atoms with Gasteiger partial charge in [0.2, 0.25) is 0 Å². The van der Waals surface area contributed by atoms with E-state index in [1.165, 1.54) is 0 Å². The second-order valence-corrected chi connectivity index (χ2v) is 2.79. The predicted molar refractivity (Wildman–Crippen MR) is 53.3 cm³/mol. The first-order valence-electron chi connectivity index (χ1n) is 3.86. The molecule has 0 spiro atoms. The number of phenols is 1. The van der Waals surface area contributed by atoms with E-state index in [1.807, 2.05) is 6.07 Å². The number of nitrogens with zero attached hydrogens (tertiary/aromatic N) is 2. The quantitative estimate of drug-likeness (QED) is 0.589. The average Bonchev–Trinajstić information content (AvgIpc) is 2.62. The Morgan fingerprint density at radius 3 is 2.46 bits per heavy atom. The minimum absolute atomic E-state index is 0.193. The van der Waals surface area contributed by atoms with Crippen molar-refractivity contribution >= 4 is 24.6 Å². The standard InChI is InChI=1S/C10H8N2O/c1-7-2-3-8(4-10(7)13)9-5-11-12-6-9/h2-6,13H,1H2. The molecule has 0 radical (unpaired) electrons. The van der Waals surface area contributed by atoms with Gasteiger partial charge in [0.15, 0.2) is 0 Å². The van der Waals surface area contributed by atoms with Crippen LogP contribution in [0.15, 0.2) is 28.4 Å². The summed E-state index contributed by atoms with van der Waals surface area (Å²) in [6.45, 7) is 3.66. The van der Waals surface area contributed by atoms with Crippen LogP contribution in [0.3, 0.4) is 0 Å². The lowest BCUT2D eigenvalue weighted by atomic mass is 10.2.